The summed E-state index contributed by atoms with van der Waals surface area (Å²) in [6.07, 6.45) is 0.834. The summed E-state index contributed by atoms with van der Waals surface area (Å²) in [5.41, 5.74) is -0.846. The molecule has 0 saturated heterocycles. The second kappa shape index (κ2) is 4.81. The van der Waals surface area contributed by atoms with Gasteiger partial charge in [-0.25, -0.2) is 8.78 Å². The van der Waals surface area contributed by atoms with E-state index in [1.807, 2.05) is 0 Å². The average Bonchev–Trinajstić information content (AvgIpc) is 2.24. The fourth-order valence-electron chi connectivity index (χ4n) is 1.46. The molecule has 0 aliphatic rings. The Kier molecular flexibility index (Phi) is 3.38. The van der Waals surface area contributed by atoms with Crippen molar-refractivity contribution in [3.63, 3.8) is 0 Å². The summed E-state index contributed by atoms with van der Waals surface area (Å²) in [5.74, 6) is -2.59. The molecule has 0 amide bonds. The van der Waals surface area contributed by atoms with E-state index < -0.39 is 23.0 Å². The third kappa shape index (κ3) is 2.70. The van der Waals surface area contributed by atoms with Gasteiger partial charge in [-0.2, -0.15) is 9.37 Å². The molecule has 2 aromatic rings. The van der Waals surface area contributed by atoms with E-state index in [4.69, 9.17) is 11.6 Å². The van der Waals surface area contributed by atoms with Crippen LogP contribution in [0, 0.1) is 17.5 Å². The predicted octanol–water partition coefficient (Wildman–Crippen LogP) is 2.36. The van der Waals surface area contributed by atoms with E-state index in [2.05, 4.69) is 4.98 Å². The number of rotatable bonds is 2. The normalized spacial score (nSPS) is 10.7. The summed E-state index contributed by atoms with van der Waals surface area (Å²) in [4.78, 5) is 14.1. The molecule has 0 spiro atoms. The Morgan fingerprint density at radius 1 is 1.17 bits per heavy atom. The number of benzene rings is 1. The molecule has 0 saturated carbocycles. The molecule has 0 radical (unpaired) electrons. The maximum absolute atomic E-state index is 13.0. The SMILES string of the molecule is O=c1nc(Cl)n(Cc2cc(F)cc(F)c2)cc1F. The van der Waals surface area contributed by atoms with Crippen LogP contribution in [0.1, 0.15) is 5.56 Å². The zero-order valence-corrected chi connectivity index (χ0v) is 9.59. The van der Waals surface area contributed by atoms with Crippen molar-refractivity contribution >= 4 is 11.6 Å². The Morgan fingerprint density at radius 2 is 1.78 bits per heavy atom. The lowest BCUT2D eigenvalue weighted by molar-refractivity contribution is 0.566. The van der Waals surface area contributed by atoms with Crippen LogP contribution in [0.3, 0.4) is 0 Å². The van der Waals surface area contributed by atoms with E-state index in [9.17, 15) is 18.0 Å². The Balaban J connectivity index is 2.39. The molecule has 0 bridgehead atoms. The maximum Gasteiger partial charge on any atom is 0.309 e. The van der Waals surface area contributed by atoms with Gasteiger partial charge in [0.1, 0.15) is 11.6 Å². The van der Waals surface area contributed by atoms with Crippen molar-refractivity contribution in [3.8, 4) is 0 Å². The van der Waals surface area contributed by atoms with E-state index in [1.54, 1.807) is 0 Å². The molecule has 94 valence electrons. The van der Waals surface area contributed by atoms with E-state index in [0.29, 0.717) is 0 Å². The first-order valence-electron chi connectivity index (χ1n) is 4.83. The van der Waals surface area contributed by atoms with Gasteiger partial charge in [-0.1, -0.05) is 0 Å². The van der Waals surface area contributed by atoms with Crippen molar-refractivity contribution in [1.82, 2.24) is 9.55 Å². The van der Waals surface area contributed by atoms with E-state index in [0.717, 1.165) is 29.0 Å². The number of halogens is 4. The molecule has 0 fully saturated rings. The van der Waals surface area contributed by atoms with Crippen molar-refractivity contribution in [1.29, 1.82) is 0 Å². The first-order valence-corrected chi connectivity index (χ1v) is 5.21. The van der Waals surface area contributed by atoms with Gasteiger partial charge in [0.2, 0.25) is 11.1 Å². The summed E-state index contributed by atoms with van der Waals surface area (Å²) >= 11 is 5.63. The van der Waals surface area contributed by atoms with Gasteiger partial charge in [-0.3, -0.25) is 4.79 Å². The van der Waals surface area contributed by atoms with Gasteiger partial charge in [0.25, 0.3) is 0 Å². The fourth-order valence-corrected chi connectivity index (χ4v) is 1.64. The van der Waals surface area contributed by atoms with Gasteiger partial charge < -0.3 is 4.57 Å². The minimum atomic E-state index is -1.09. The molecule has 0 aliphatic heterocycles. The highest BCUT2D eigenvalue weighted by Gasteiger charge is 2.08. The summed E-state index contributed by atoms with van der Waals surface area (Å²) in [6.45, 7) is -0.0995. The van der Waals surface area contributed by atoms with Crippen LogP contribution in [0.4, 0.5) is 13.2 Å². The third-order valence-corrected chi connectivity index (χ3v) is 2.48. The largest absolute Gasteiger partial charge is 0.316 e. The number of hydrogen-bond acceptors (Lipinski definition) is 2. The molecular formula is C11H6ClF3N2O. The predicted molar refractivity (Wildman–Crippen MR) is 58.9 cm³/mol. The summed E-state index contributed by atoms with van der Waals surface area (Å²) in [5, 5.41) is -0.258. The second-order valence-electron chi connectivity index (χ2n) is 3.57. The lowest BCUT2D eigenvalue weighted by Crippen LogP contribution is -2.17. The van der Waals surface area contributed by atoms with E-state index in [-0.39, 0.29) is 17.4 Å². The molecule has 1 aromatic heterocycles. The molecule has 3 nitrogen and oxygen atoms in total. The van der Waals surface area contributed by atoms with Crippen LogP contribution in [0.2, 0.25) is 5.28 Å². The fraction of sp³-hybridized carbons (Fsp3) is 0.0909. The summed E-state index contributed by atoms with van der Waals surface area (Å²) < 4.78 is 40.0. The van der Waals surface area contributed by atoms with Gasteiger partial charge in [-0.05, 0) is 29.3 Å². The maximum atomic E-state index is 13.0. The van der Waals surface area contributed by atoms with E-state index >= 15 is 0 Å². The van der Waals surface area contributed by atoms with Gasteiger partial charge in [0.15, 0.2) is 0 Å². The Hall–Kier alpha value is -1.82. The second-order valence-corrected chi connectivity index (χ2v) is 3.91. The highest BCUT2D eigenvalue weighted by atomic mass is 35.5. The summed E-state index contributed by atoms with van der Waals surface area (Å²) in [7, 11) is 0. The highest BCUT2D eigenvalue weighted by molar-refractivity contribution is 6.28. The molecular weight excluding hydrogens is 269 g/mol. The van der Waals surface area contributed by atoms with Crippen LogP contribution in [0.15, 0.2) is 29.2 Å². The molecule has 2 rings (SSSR count). The smallest absolute Gasteiger partial charge is 0.309 e. The monoisotopic (exact) mass is 274 g/mol. The lowest BCUT2D eigenvalue weighted by atomic mass is 10.2. The van der Waals surface area contributed by atoms with Crippen molar-refractivity contribution in [2.24, 2.45) is 0 Å². The van der Waals surface area contributed by atoms with Crippen molar-refractivity contribution in [3.05, 3.63) is 63.0 Å². The third-order valence-electron chi connectivity index (χ3n) is 2.18. The summed E-state index contributed by atoms with van der Waals surface area (Å²) in [6, 6.07) is 2.88. The molecule has 0 atom stereocenters. The van der Waals surface area contributed by atoms with Crippen LogP contribution >= 0.6 is 11.6 Å². The Bertz CT molecular complexity index is 637. The topological polar surface area (TPSA) is 34.9 Å². The lowest BCUT2D eigenvalue weighted by Gasteiger charge is -2.08. The zero-order valence-electron chi connectivity index (χ0n) is 8.83. The number of aromatic nitrogens is 2. The molecule has 1 aromatic carbocycles. The minimum Gasteiger partial charge on any atom is -0.316 e. The van der Waals surface area contributed by atoms with Crippen LogP contribution in [0.5, 0.6) is 0 Å². The number of nitrogens with zero attached hydrogens (tertiary/aromatic N) is 2. The van der Waals surface area contributed by atoms with Crippen molar-refractivity contribution in [2.75, 3.05) is 0 Å². The van der Waals surface area contributed by atoms with Gasteiger partial charge in [0.05, 0.1) is 6.54 Å². The number of hydrogen-bond donors (Lipinski definition) is 0. The van der Waals surface area contributed by atoms with Crippen molar-refractivity contribution in [2.45, 2.75) is 6.54 Å². The van der Waals surface area contributed by atoms with Crippen LogP contribution in [-0.4, -0.2) is 9.55 Å². The average molecular weight is 275 g/mol. The minimum absolute atomic E-state index is 0.0995. The van der Waals surface area contributed by atoms with Crippen LogP contribution in [0.25, 0.3) is 0 Å². The van der Waals surface area contributed by atoms with Crippen LogP contribution in [-0.2, 0) is 6.54 Å². The van der Waals surface area contributed by atoms with Gasteiger partial charge in [0, 0.05) is 12.3 Å². The van der Waals surface area contributed by atoms with Gasteiger partial charge >= 0.3 is 5.56 Å². The van der Waals surface area contributed by atoms with E-state index in [1.165, 1.54) is 0 Å². The standard InChI is InChI=1S/C11H6ClF3N2O/c12-11-16-10(18)9(15)5-17(11)4-6-1-7(13)3-8(14)2-6/h1-3,5H,4H2. The molecule has 0 unspecified atom stereocenters. The molecule has 0 N–H and O–H groups in total. The Morgan fingerprint density at radius 3 is 2.39 bits per heavy atom. The Labute approximate surface area is 104 Å². The highest BCUT2D eigenvalue weighted by Crippen LogP contribution is 2.12. The molecule has 7 heteroatoms. The van der Waals surface area contributed by atoms with Gasteiger partial charge in [-0.15, -0.1) is 0 Å². The molecule has 0 aliphatic carbocycles. The van der Waals surface area contributed by atoms with Crippen LogP contribution < -0.4 is 5.56 Å². The molecule has 1 heterocycles. The molecule has 18 heavy (non-hydrogen) atoms. The van der Waals surface area contributed by atoms with Crippen molar-refractivity contribution < 1.29 is 13.2 Å². The quantitative estimate of drug-likeness (QED) is 0.788. The first-order chi connectivity index (χ1) is 8.45. The zero-order chi connectivity index (χ0) is 13.3. The first kappa shape index (κ1) is 12.6.